The zero-order valence-corrected chi connectivity index (χ0v) is 33.3. The van der Waals surface area contributed by atoms with Crippen LogP contribution in [0.4, 0.5) is 0 Å². The lowest BCUT2D eigenvalue weighted by atomic mass is 9.92. The normalized spacial score (nSPS) is 18.9. The van der Waals surface area contributed by atoms with Gasteiger partial charge in [-0.3, -0.25) is 0 Å². The summed E-state index contributed by atoms with van der Waals surface area (Å²) in [7, 11) is 0. The van der Waals surface area contributed by atoms with Gasteiger partial charge in [-0.15, -0.1) is 0 Å². The van der Waals surface area contributed by atoms with Gasteiger partial charge in [0.2, 0.25) is 28.7 Å². The zero-order valence-electron chi connectivity index (χ0n) is 33.3. The van der Waals surface area contributed by atoms with Crippen LogP contribution in [0.1, 0.15) is 51.8 Å². The number of fused-ring (bicyclic) bond motifs is 4. The molecule has 5 aromatic carbocycles. The molecule has 5 unspecified atom stereocenters. The summed E-state index contributed by atoms with van der Waals surface area (Å²) in [5, 5.41) is 167. The molecule has 1 fully saturated rings. The van der Waals surface area contributed by atoms with Crippen molar-refractivity contribution in [2.45, 2.75) is 30.7 Å². The molecule has 0 amide bonds. The molecular weight excluding hydrogens is 924 g/mol. The Morgan fingerprint density at radius 2 is 1.01 bits per heavy atom. The third-order valence-corrected chi connectivity index (χ3v) is 10.2. The van der Waals surface area contributed by atoms with Crippen LogP contribution in [0.25, 0.3) is 11.1 Å². The van der Waals surface area contributed by atoms with Crippen molar-refractivity contribution in [2.24, 2.45) is 0 Å². The number of aromatic carboxylic acids is 1. The molecule has 27 nitrogen and oxygen atoms in total. The number of ether oxygens (including phenoxy) is 6. The summed E-state index contributed by atoms with van der Waals surface area (Å²) in [5.41, 5.74) is -7.02. The van der Waals surface area contributed by atoms with E-state index >= 15 is 0 Å². The largest absolute Gasteiger partial charge is 0.504 e. The maximum atomic E-state index is 14.4. The molecule has 1 saturated heterocycles. The number of phenolic OH excluding ortho intramolecular Hbond substituents is 14. The lowest BCUT2D eigenvalue weighted by Gasteiger charge is -2.42. The first-order chi connectivity index (χ1) is 31.9. The van der Waals surface area contributed by atoms with Crippen LogP contribution in [0.2, 0.25) is 0 Å². The number of hydrogen-bond acceptors (Lipinski definition) is 26. The number of aromatic hydroxyl groups is 14. The Morgan fingerprint density at radius 1 is 0.529 bits per heavy atom. The monoisotopic (exact) mass is 954 g/mol. The Kier molecular flexibility index (Phi) is 11.6. The number of aliphatic hydroxyl groups is 1. The van der Waals surface area contributed by atoms with Crippen LogP contribution in [-0.4, -0.2) is 149 Å². The van der Waals surface area contributed by atoms with Gasteiger partial charge in [0.25, 0.3) is 0 Å². The van der Waals surface area contributed by atoms with Crippen molar-refractivity contribution < 1.29 is 134 Å². The highest BCUT2D eigenvalue weighted by Crippen LogP contribution is 2.54. The van der Waals surface area contributed by atoms with Crippen molar-refractivity contribution in [1.29, 1.82) is 0 Å². The summed E-state index contributed by atoms with van der Waals surface area (Å²) in [6.07, 6.45) is -12.3. The molecule has 0 saturated carbocycles. The van der Waals surface area contributed by atoms with Gasteiger partial charge in [-0.1, -0.05) is 0 Å². The highest BCUT2D eigenvalue weighted by atomic mass is 16.7. The topological polar surface area (TPSA) is 464 Å². The fourth-order valence-electron chi connectivity index (χ4n) is 6.86. The van der Waals surface area contributed by atoms with Crippen molar-refractivity contribution >= 4 is 29.8 Å². The van der Waals surface area contributed by atoms with Gasteiger partial charge in [0.15, 0.2) is 87.8 Å². The van der Waals surface area contributed by atoms with Gasteiger partial charge in [-0.05, 0) is 36.4 Å². The average molecular weight is 955 g/mol. The molecule has 7 rings (SSSR count). The fourth-order valence-corrected chi connectivity index (χ4v) is 6.86. The van der Waals surface area contributed by atoms with E-state index in [2.05, 4.69) is 0 Å². The number of esters is 4. The number of phenols is 14. The molecular formula is C41H30O27. The molecule has 68 heavy (non-hydrogen) atoms. The van der Waals surface area contributed by atoms with Crippen LogP contribution in [0.3, 0.4) is 0 Å². The number of aliphatic hydroxyl groups excluding tert-OH is 1. The quantitative estimate of drug-likeness (QED) is 0.0625. The van der Waals surface area contributed by atoms with Crippen LogP contribution in [0.5, 0.6) is 92.0 Å². The van der Waals surface area contributed by atoms with Crippen molar-refractivity contribution in [2.75, 3.05) is 6.61 Å². The molecule has 0 aromatic heterocycles. The van der Waals surface area contributed by atoms with Crippen molar-refractivity contribution in [1.82, 2.24) is 0 Å². The Balaban J connectivity index is 1.40. The molecule has 16 N–H and O–H groups in total. The number of hydrogen-bond donors (Lipinski definition) is 16. The molecule has 0 bridgehead atoms. The first-order valence-electron chi connectivity index (χ1n) is 18.6. The smallest absolute Gasteiger partial charge is 0.342 e. The first-order valence-corrected chi connectivity index (χ1v) is 18.6. The molecule has 2 aliphatic heterocycles. The van der Waals surface area contributed by atoms with E-state index in [-0.39, 0.29) is 0 Å². The van der Waals surface area contributed by atoms with E-state index in [0.29, 0.717) is 42.5 Å². The summed E-state index contributed by atoms with van der Waals surface area (Å²) in [6, 6.07) is 3.37. The SMILES string of the molecule is O=C(O)c1cc(O)c(O)c(Oc2c(C(=O)OC3C(OC(=O)c4cc(O)c(O)c(O)c4)C(O)OC4COC(=O)c5cc(O)c(O)c(O)c5-c5c(cc(O)c(O)c5O)C(=O)OC43)cc(O)c(O)c2O)c1. The average Bonchev–Trinajstić information content (AvgIpc) is 3.29. The van der Waals surface area contributed by atoms with E-state index in [1.165, 1.54) is 0 Å². The van der Waals surface area contributed by atoms with E-state index in [1.54, 1.807) is 0 Å². The van der Waals surface area contributed by atoms with E-state index in [0.717, 1.165) is 0 Å². The summed E-state index contributed by atoms with van der Waals surface area (Å²) in [5.74, 6) is -29.1. The van der Waals surface area contributed by atoms with Crippen LogP contribution < -0.4 is 4.74 Å². The second-order valence-corrected chi connectivity index (χ2v) is 14.4. The Morgan fingerprint density at radius 3 is 1.59 bits per heavy atom. The minimum absolute atomic E-state index is 0.328. The van der Waals surface area contributed by atoms with Gasteiger partial charge >= 0.3 is 29.8 Å². The Bertz CT molecular complexity index is 2970. The Labute approximate surface area is 374 Å². The van der Waals surface area contributed by atoms with Crippen molar-refractivity contribution in [3.05, 3.63) is 70.3 Å². The molecule has 5 aromatic rings. The van der Waals surface area contributed by atoms with Crippen molar-refractivity contribution in [3.63, 3.8) is 0 Å². The number of carbonyl (C=O) groups is 5. The van der Waals surface area contributed by atoms with Gasteiger partial charge in [0.1, 0.15) is 18.3 Å². The minimum atomic E-state index is -2.61. The second-order valence-electron chi connectivity index (χ2n) is 14.4. The maximum absolute atomic E-state index is 14.4. The van der Waals surface area contributed by atoms with E-state index in [9.17, 15) is 106 Å². The standard InChI is InChI=1S/C41H30O27/c42-14-2-10(3-15(43)24(14)48)37(58)68-35-34(67-40(61)13-7-19(47)28(52)31(55)32(13)64-20-4-9(36(56)57)1-16(44)25(20)49)33-21(65-41(35)62)8-63-38(59)11-5-17(45)26(50)29(53)22(11)23-12(39(60)66-33)6-18(46)27(51)30(23)54/h1-7,21,33-35,41-55,62H,8H2,(H,56,57). The number of carboxylic acids is 1. The number of benzene rings is 5. The van der Waals surface area contributed by atoms with Crippen LogP contribution >= 0.6 is 0 Å². The predicted molar refractivity (Wildman–Crippen MR) is 210 cm³/mol. The highest BCUT2D eigenvalue weighted by Gasteiger charge is 2.54. The molecule has 0 aliphatic carbocycles. The van der Waals surface area contributed by atoms with Gasteiger partial charge < -0.3 is 110 Å². The fraction of sp³-hybridized carbons (Fsp3) is 0.146. The van der Waals surface area contributed by atoms with E-state index < -0.39 is 198 Å². The zero-order chi connectivity index (χ0) is 50.0. The summed E-state index contributed by atoms with van der Waals surface area (Å²) in [4.78, 5) is 67.7. The molecule has 2 heterocycles. The predicted octanol–water partition coefficient (Wildman–Crippen LogP) is 1.59. The number of carboxylic acid groups (broad SMARTS) is 1. The third kappa shape index (κ3) is 7.96. The Hall–Kier alpha value is -9.63. The maximum Gasteiger partial charge on any atom is 0.342 e. The summed E-state index contributed by atoms with van der Waals surface area (Å²) < 4.78 is 32.6. The van der Waals surface area contributed by atoms with Gasteiger partial charge in [-0.25, -0.2) is 24.0 Å². The van der Waals surface area contributed by atoms with Crippen LogP contribution in [0, 0.1) is 0 Å². The number of cyclic esters (lactones) is 1. The van der Waals surface area contributed by atoms with Gasteiger partial charge in [0, 0.05) is 17.2 Å². The number of rotatable bonds is 7. The lowest BCUT2D eigenvalue weighted by Crippen LogP contribution is -2.62. The molecule has 0 spiro atoms. The second kappa shape index (κ2) is 17.1. The lowest BCUT2D eigenvalue weighted by molar-refractivity contribution is -0.284. The highest BCUT2D eigenvalue weighted by molar-refractivity contribution is 6.08. The molecule has 356 valence electrons. The molecule has 0 radical (unpaired) electrons. The molecule has 5 atom stereocenters. The van der Waals surface area contributed by atoms with Gasteiger partial charge in [0.05, 0.1) is 22.3 Å². The van der Waals surface area contributed by atoms with E-state index in [4.69, 9.17) is 28.4 Å². The van der Waals surface area contributed by atoms with Gasteiger partial charge in [-0.2, -0.15) is 0 Å². The van der Waals surface area contributed by atoms with Crippen molar-refractivity contribution in [3.8, 4) is 103 Å². The molecule has 27 heteroatoms. The number of carbonyl (C=O) groups excluding carboxylic acids is 4. The first kappa shape index (κ1) is 46.4. The summed E-state index contributed by atoms with van der Waals surface area (Å²) in [6.45, 7) is -1.24. The van der Waals surface area contributed by atoms with Crippen LogP contribution in [-0.2, 0) is 23.7 Å². The van der Waals surface area contributed by atoms with E-state index in [1.807, 2.05) is 0 Å². The molecule has 2 aliphatic rings. The summed E-state index contributed by atoms with van der Waals surface area (Å²) >= 11 is 0. The third-order valence-electron chi connectivity index (χ3n) is 10.2. The van der Waals surface area contributed by atoms with Crippen LogP contribution in [0.15, 0.2) is 42.5 Å². The minimum Gasteiger partial charge on any atom is -0.504 e.